The van der Waals surface area contributed by atoms with Crippen molar-refractivity contribution in [1.29, 1.82) is 0 Å². The maximum atomic E-state index is 14.5. The Bertz CT molecular complexity index is 1370. The molecule has 0 radical (unpaired) electrons. The van der Waals surface area contributed by atoms with E-state index in [1.54, 1.807) is 0 Å². The third-order valence-corrected chi connectivity index (χ3v) is 6.55. The fraction of sp³-hybridized carbons (Fsp3) is 0.370. The van der Waals surface area contributed by atoms with Gasteiger partial charge in [0.1, 0.15) is 5.82 Å². The van der Waals surface area contributed by atoms with Crippen LogP contribution in [0.25, 0.3) is 17.0 Å². The number of rotatable bonds is 7. The summed E-state index contributed by atoms with van der Waals surface area (Å²) in [6.45, 7) is 8.46. The molecular weight excluding hydrogens is 451 g/mol. The molecule has 0 bridgehead atoms. The quantitative estimate of drug-likeness (QED) is 0.309. The van der Waals surface area contributed by atoms with E-state index < -0.39 is 11.4 Å². The number of aromatic nitrogens is 4. The lowest BCUT2D eigenvalue weighted by Crippen LogP contribution is -2.11. The van der Waals surface area contributed by atoms with Gasteiger partial charge < -0.3 is 0 Å². The average molecular weight is 481 g/mol. The van der Waals surface area contributed by atoms with E-state index in [1.165, 1.54) is 15.6 Å². The molecule has 0 aliphatic carbocycles. The van der Waals surface area contributed by atoms with Crippen LogP contribution in [0.15, 0.2) is 47.3 Å². The number of aryl methyl sites for hydroxylation is 3. The molecule has 178 valence electrons. The van der Waals surface area contributed by atoms with Crippen molar-refractivity contribution < 1.29 is 4.39 Å². The van der Waals surface area contributed by atoms with Gasteiger partial charge in [0.05, 0.1) is 0 Å². The fourth-order valence-corrected chi connectivity index (χ4v) is 4.17. The average Bonchev–Trinajstić information content (AvgIpc) is 3.09. The number of nitrogens with zero attached hydrogens (tertiary/aromatic N) is 3. The van der Waals surface area contributed by atoms with Gasteiger partial charge in [-0.2, -0.15) is 4.39 Å². The maximum Gasteiger partial charge on any atom is 0.302 e. The van der Waals surface area contributed by atoms with Crippen LogP contribution in [-0.2, 0) is 18.3 Å². The lowest BCUT2D eigenvalue weighted by molar-refractivity contribution is 0.590. The molecule has 2 aromatic heterocycles. The van der Waals surface area contributed by atoms with Crippen molar-refractivity contribution in [3.05, 3.63) is 86.2 Å². The van der Waals surface area contributed by atoms with Gasteiger partial charge in [-0.3, -0.25) is 9.89 Å². The molecule has 0 saturated heterocycles. The third-order valence-electron chi connectivity index (χ3n) is 6.12. The van der Waals surface area contributed by atoms with Crippen molar-refractivity contribution >= 4 is 17.2 Å². The molecule has 4 rings (SSSR count). The summed E-state index contributed by atoms with van der Waals surface area (Å²) in [5, 5.41) is 3.32. The Morgan fingerprint density at radius 2 is 1.71 bits per heavy atom. The highest BCUT2D eigenvalue weighted by molar-refractivity contribution is 6.31. The minimum atomic E-state index is -0.880. The van der Waals surface area contributed by atoms with Crippen molar-refractivity contribution in [2.24, 2.45) is 0 Å². The predicted octanol–water partition coefficient (Wildman–Crippen LogP) is 6.44. The number of nitrogens with one attached hydrogen (secondary N) is 1. The first-order valence-corrected chi connectivity index (χ1v) is 12.0. The van der Waals surface area contributed by atoms with E-state index in [-0.39, 0.29) is 11.1 Å². The van der Waals surface area contributed by atoms with Crippen LogP contribution in [-0.4, -0.2) is 19.6 Å². The maximum absolute atomic E-state index is 14.5. The topological polar surface area (TPSA) is 63.0 Å². The molecule has 0 saturated carbocycles. The van der Waals surface area contributed by atoms with Gasteiger partial charge in [0.15, 0.2) is 11.5 Å². The predicted molar refractivity (Wildman–Crippen MR) is 135 cm³/mol. The molecule has 0 atom stereocenters. The zero-order valence-electron chi connectivity index (χ0n) is 20.1. The smallest absolute Gasteiger partial charge is 0.265 e. The van der Waals surface area contributed by atoms with Crippen LogP contribution < -0.4 is 5.56 Å². The third kappa shape index (κ3) is 5.22. The van der Waals surface area contributed by atoms with E-state index in [2.05, 4.69) is 43.0 Å². The molecule has 2 aromatic carbocycles. The van der Waals surface area contributed by atoms with Crippen LogP contribution in [0.1, 0.15) is 62.5 Å². The minimum absolute atomic E-state index is 0.0125. The number of H-pyrrole nitrogens is 1. The van der Waals surface area contributed by atoms with Crippen LogP contribution >= 0.6 is 11.6 Å². The van der Waals surface area contributed by atoms with E-state index in [4.69, 9.17) is 16.6 Å². The Kier molecular flexibility index (Phi) is 6.89. The Morgan fingerprint density at radius 1 is 1.00 bits per heavy atom. The van der Waals surface area contributed by atoms with Crippen LogP contribution in [0.5, 0.6) is 0 Å². The number of halogens is 2. The summed E-state index contributed by atoms with van der Waals surface area (Å²) in [7, 11) is 0. The molecule has 0 amide bonds. The summed E-state index contributed by atoms with van der Waals surface area (Å²) in [4.78, 5) is 21.0. The highest BCUT2D eigenvalue weighted by atomic mass is 35.5. The molecule has 2 heterocycles. The molecule has 5 nitrogen and oxygen atoms in total. The first-order valence-electron chi connectivity index (χ1n) is 11.7. The molecule has 0 aliphatic rings. The first-order chi connectivity index (χ1) is 16.1. The van der Waals surface area contributed by atoms with Gasteiger partial charge in [-0.15, -0.1) is 0 Å². The Labute approximate surface area is 204 Å². The summed E-state index contributed by atoms with van der Waals surface area (Å²) in [6, 6.07) is 14.1. The van der Waals surface area contributed by atoms with Crippen LogP contribution in [0.2, 0.25) is 5.02 Å². The molecule has 4 aromatic rings. The van der Waals surface area contributed by atoms with Gasteiger partial charge in [0.25, 0.3) is 0 Å². The summed E-state index contributed by atoms with van der Waals surface area (Å²) in [5.74, 6) is 0.141. The largest absolute Gasteiger partial charge is 0.302 e. The Hall–Kier alpha value is -2.99. The summed E-state index contributed by atoms with van der Waals surface area (Å²) < 4.78 is 15.9. The summed E-state index contributed by atoms with van der Waals surface area (Å²) in [6.07, 6.45) is 4.44. The number of fused-ring (bicyclic) bond motifs is 1. The summed E-state index contributed by atoms with van der Waals surface area (Å²) >= 11 is 6.11. The lowest BCUT2D eigenvalue weighted by Gasteiger charge is -2.19. The fourth-order valence-electron chi connectivity index (χ4n) is 4.05. The van der Waals surface area contributed by atoms with Crippen molar-refractivity contribution in [2.75, 3.05) is 0 Å². The standard InChI is InChI=1S/C27H30ClFN4O/c1-17-16-18(10-15-21(17)28)8-6-5-7-9-22-30-24(31-25-23(29)26(34)32-33(22)25)19-11-13-20(14-12-19)27(2,3)4/h10-16H,5-9H2,1-4H3,(H,32,34). The number of unbranched alkanes of at least 4 members (excludes halogenated alkanes) is 2. The molecule has 1 N–H and O–H groups in total. The van der Waals surface area contributed by atoms with E-state index in [0.717, 1.165) is 41.8 Å². The second-order valence-electron chi connectivity index (χ2n) is 9.85. The molecule has 34 heavy (non-hydrogen) atoms. The van der Waals surface area contributed by atoms with Crippen molar-refractivity contribution in [3.8, 4) is 11.4 Å². The highest BCUT2D eigenvalue weighted by Crippen LogP contribution is 2.25. The van der Waals surface area contributed by atoms with Gasteiger partial charge in [-0.1, -0.05) is 75.2 Å². The van der Waals surface area contributed by atoms with Crippen molar-refractivity contribution in [1.82, 2.24) is 19.6 Å². The highest BCUT2D eigenvalue weighted by Gasteiger charge is 2.18. The zero-order chi connectivity index (χ0) is 24.5. The normalized spacial score (nSPS) is 11.9. The van der Waals surface area contributed by atoms with Crippen molar-refractivity contribution in [3.63, 3.8) is 0 Å². The zero-order valence-corrected chi connectivity index (χ0v) is 20.8. The number of hydrogen-bond acceptors (Lipinski definition) is 3. The van der Waals surface area contributed by atoms with E-state index in [0.29, 0.717) is 18.1 Å². The van der Waals surface area contributed by atoms with Gasteiger partial charge in [-0.05, 0) is 54.4 Å². The van der Waals surface area contributed by atoms with Gasteiger partial charge >= 0.3 is 5.56 Å². The van der Waals surface area contributed by atoms with E-state index in [9.17, 15) is 9.18 Å². The van der Waals surface area contributed by atoms with Crippen LogP contribution in [0, 0.1) is 12.7 Å². The Morgan fingerprint density at radius 3 is 2.38 bits per heavy atom. The SMILES string of the molecule is Cc1cc(CCCCCc2nc(-c3ccc(C(C)(C)C)cc3)nc3c(F)c(=O)[nH]n23)ccc1Cl. The van der Waals surface area contributed by atoms with Crippen LogP contribution in [0.4, 0.5) is 4.39 Å². The molecule has 0 unspecified atom stereocenters. The van der Waals surface area contributed by atoms with Crippen LogP contribution in [0.3, 0.4) is 0 Å². The lowest BCUT2D eigenvalue weighted by atomic mass is 9.87. The number of aromatic amines is 1. The van der Waals surface area contributed by atoms with E-state index >= 15 is 0 Å². The Balaban J connectivity index is 1.51. The molecule has 0 aliphatic heterocycles. The minimum Gasteiger partial charge on any atom is -0.265 e. The second kappa shape index (κ2) is 9.71. The monoisotopic (exact) mass is 480 g/mol. The second-order valence-corrected chi connectivity index (χ2v) is 10.3. The van der Waals surface area contributed by atoms with Gasteiger partial charge in [0.2, 0.25) is 5.82 Å². The van der Waals surface area contributed by atoms with Gasteiger partial charge in [-0.25, -0.2) is 14.5 Å². The van der Waals surface area contributed by atoms with E-state index in [1.807, 2.05) is 37.3 Å². The van der Waals surface area contributed by atoms with Gasteiger partial charge in [0, 0.05) is 17.0 Å². The number of benzene rings is 2. The molecule has 0 fully saturated rings. The number of hydrogen-bond donors (Lipinski definition) is 1. The molecule has 7 heteroatoms. The first kappa shape index (κ1) is 24.1. The molecular formula is C27H30ClFN4O. The summed E-state index contributed by atoms with van der Waals surface area (Å²) in [5.41, 5.74) is 3.57. The molecule has 0 spiro atoms. The van der Waals surface area contributed by atoms with Crippen molar-refractivity contribution in [2.45, 2.75) is 65.2 Å².